The number of thiazole rings is 1. The number of hydrogen-bond donors (Lipinski definition) is 0. The molecule has 0 saturated heterocycles. The van der Waals surface area contributed by atoms with E-state index in [2.05, 4.69) is 4.98 Å². The van der Waals surface area contributed by atoms with Crippen molar-refractivity contribution in [3.63, 3.8) is 0 Å². The smallest absolute Gasteiger partial charge is 0.262 e. The van der Waals surface area contributed by atoms with Crippen LogP contribution < -0.4 is 11.1 Å². The van der Waals surface area contributed by atoms with Crippen molar-refractivity contribution in [3.8, 4) is 0 Å². The maximum absolute atomic E-state index is 13.1. The van der Waals surface area contributed by atoms with Gasteiger partial charge in [0.1, 0.15) is 0 Å². The first-order valence-electron chi connectivity index (χ1n) is 9.72. The van der Waals surface area contributed by atoms with Gasteiger partial charge in [-0.2, -0.15) is 0 Å². The first-order chi connectivity index (χ1) is 14.5. The minimum atomic E-state index is -0.105. The van der Waals surface area contributed by atoms with Crippen LogP contribution in [0.1, 0.15) is 26.0 Å². The zero-order valence-corrected chi connectivity index (χ0v) is 18.4. The molecule has 0 fully saturated rings. The van der Waals surface area contributed by atoms with Crippen LogP contribution in [-0.4, -0.2) is 31.6 Å². The van der Waals surface area contributed by atoms with Crippen molar-refractivity contribution in [2.75, 3.05) is 6.61 Å². The van der Waals surface area contributed by atoms with Gasteiger partial charge in [0.15, 0.2) is 10.1 Å². The van der Waals surface area contributed by atoms with Crippen LogP contribution in [0.2, 0.25) is 0 Å². The Hall–Kier alpha value is -2.49. The van der Waals surface area contributed by atoms with E-state index in [1.54, 1.807) is 16.8 Å². The van der Waals surface area contributed by atoms with Gasteiger partial charge in [-0.1, -0.05) is 23.9 Å². The highest BCUT2D eigenvalue weighted by Crippen LogP contribution is 2.22. The third-order valence-electron chi connectivity index (χ3n) is 4.51. The van der Waals surface area contributed by atoms with Crippen LogP contribution in [0.5, 0.6) is 0 Å². The Kier molecular flexibility index (Phi) is 6.31. The van der Waals surface area contributed by atoms with E-state index >= 15 is 0 Å². The van der Waals surface area contributed by atoms with Crippen molar-refractivity contribution in [3.05, 3.63) is 68.3 Å². The number of hydrogen-bond acceptors (Lipinski definition) is 7. The largest absolute Gasteiger partial charge is 0.379 e. The minimum absolute atomic E-state index is 0.0608. The van der Waals surface area contributed by atoms with E-state index in [1.165, 1.54) is 33.6 Å². The number of benzene rings is 1. The summed E-state index contributed by atoms with van der Waals surface area (Å²) < 4.78 is 8.85. The standard InChI is InChI=1S/C21H22N4O3S2/c1-14(2)28-10-5-8-25-19(27)16-6-3-4-7-17(16)23-21(25)30-13-15-12-18(26)24-9-11-29-20(24)22-15/h3-4,6-7,9,11-12,14H,5,8,10,13H2,1-2H3. The quantitative estimate of drug-likeness (QED) is 0.236. The summed E-state index contributed by atoms with van der Waals surface area (Å²) in [5.74, 6) is 0.455. The number of nitrogens with zero attached hydrogens (tertiary/aromatic N) is 4. The van der Waals surface area contributed by atoms with E-state index in [1.807, 2.05) is 37.4 Å². The van der Waals surface area contributed by atoms with E-state index < -0.39 is 0 Å². The molecular formula is C21H22N4O3S2. The molecule has 0 radical (unpaired) electrons. The van der Waals surface area contributed by atoms with Gasteiger partial charge in [-0.25, -0.2) is 9.97 Å². The Bertz CT molecular complexity index is 1290. The molecule has 9 heteroatoms. The highest BCUT2D eigenvalue weighted by atomic mass is 32.2. The fraction of sp³-hybridized carbons (Fsp3) is 0.333. The average Bonchev–Trinajstić information content (AvgIpc) is 3.20. The second-order valence-corrected chi connectivity index (χ2v) is 8.89. The van der Waals surface area contributed by atoms with Gasteiger partial charge in [0.25, 0.3) is 11.1 Å². The first kappa shape index (κ1) is 20.8. The van der Waals surface area contributed by atoms with Gasteiger partial charge in [0.2, 0.25) is 0 Å². The molecule has 3 heterocycles. The second-order valence-electron chi connectivity index (χ2n) is 7.07. The predicted octanol–water partition coefficient (Wildman–Crippen LogP) is 3.57. The topological polar surface area (TPSA) is 78.5 Å². The van der Waals surface area contributed by atoms with Crippen molar-refractivity contribution in [2.45, 2.75) is 43.8 Å². The molecule has 4 rings (SSSR count). The van der Waals surface area contributed by atoms with Gasteiger partial charge in [-0.3, -0.25) is 18.6 Å². The van der Waals surface area contributed by atoms with Gasteiger partial charge in [-0.05, 0) is 32.4 Å². The zero-order valence-electron chi connectivity index (χ0n) is 16.8. The Labute approximate surface area is 181 Å². The SMILES string of the molecule is CC(C)OCCCn1c(SCc2cc(=O)n3ccsc3n2)nc2ccccc2c1=O. The minimum Gasteiger partial charge on any atom is -0.379 e. The molecule has 7 nitrogen and oxygen atoms in total. The summed E-state index contributed by atoms with van der Waals surface area (Å²) in [4.78, 5) is 35.2. The summed E-state index contributed by atoms with van der Waals surface area (Å²) in [6.07, 6.45) is 2.59. The van der Waals surface area contributed by atoms with Crippen LogP contribution in [0.25, 0.3) is 15.9 Å². The van der Waals surface area contributed by atoms with Gasteiger partial charge in [0, 0.05) is 36.5 Å². The molecule has 0 spiro atoms. The molecule has 4 aromatic rings. The van der Waals surface area contributed by atoms with Gasteiger partial charge in [0.05, 0.1) is 22.7 Å². The molecule has 30 heavy (non-hydrogen) atoms. The van der Waals surface area contributed by atoms with Crippen LogP contribution in [0.4, 0.5) is 0 Å². The second kappa shape index (κ2) is 9.11. The molecule has 0 aliphatic carbocycles. The zero-order chi connectivity index (χ0) is 21.1. The van der Waals surface area contributed by atoms with Crippen molar-refractivity contribution >= 4 is 39.0 Å². The molecule has 1 aromatic carbocycles. The van der Waals surface area contributed by atoms with E-state index in [0.717, 1.165) is 0 Å². The Morgan fingerprint density at radius 2 is 2.03 bits per heavy atom. The van der Waals surface area contributed by atoms with Crippen LogP contribution in [0, 0.1) is 0 Å². The number of aromatic nitrogens is 4. The molecule has 0 atom stereocenters. The van der Waals surface area contributed by atoms with Crippen LogP contribution in [0.3, 0.4) is 0 Å². The lowest BCUT2D eigenvalue weighted by atomic mass is 10.2. The van der Waals surface area contributed by atoms with E-state index in [4.69, 9.17) is 9.72 Å². The number of ether oxygens (including phenoxy) is 1. The van der Waals surface area contributed by atoms with E-state index in [9.17, 15) is 9.59 Å². The number of thioether (sulfide) groups is 1. The lowest BCUT2D eigenvalue weighted by Gasteiger charge is -2.14. The maximum atomic E-state index is 13.1. The summed E-state index contributed by atoms with van der Waals surface area (Å²) in [7, 11) is 0. The molecule has 0 amide bonds. The van der Waals surface area contributed by atoms with Crippen molar-refractivity contribution in [1.82, 2.24) is 18.9 Å². The molecule has 0 aliphatic rings. The highest BCUT2D eigenvalue weighted by Gasteiger charge is 2.13. The Morgan fingerprint density at radius 3 is 2.87 bits per heavy atom. The average molecular weight is 443 g/mol. The molecular weight excluding hydrogens is 420 g/mol. The van der Waals surface area contributed by atoms with Gasteiger partial charge < -0.3 is 4.74 Å². The summed E-state index contributed by atoms with van der Waals surface area (Å²) in [5.41, 5.74) is 1.17. The van der Waals surface area contributed by atoms with Crippen LogP contribution in [-0.2, 0) is 17.0 Å². The van der Waals surface area contributed by atoms with Crippen molar-refractivity contribution < 1.29 is 4.74 Å². The molecule has 0 saturated carbocycles. The summed E-state index contributed by atoms with van der Waals surface area (Å²) in [6, 6.07) is 8.89. The molecule has 0 aliphatic heterocycles. The number of rotatable bonds is 8. The van der Waals surface area contributed by atoms with E-state index in [-0.39, 0.29) is 17.2 Å². The Morgan fingerprint density at radius 1 is 1.20 bits per heavy atom. The highest BCUT2D eigenvalue weighted by molar-refractivity contribution is 7.98. The third kappa shape index (κ3) is 4.48. The van der Waals surface area contributed by atoms with Crippen LogP contribution in [0.15, 0.2) is 56.7 Å². The number of para-hydroxylation sites is 1. The first-order valence-corrected chi connectivity index (χ1v) is 11.6. The molecule has 0 unspecified atom stereocenters. The number of fused-ring (bicyclic) bond motifs is 2. The third-order valence-corrected chi connectivity index (χ3v) is 6.28. The maximum Gasteiger partial charge on any atom is 0.262 e. The molecule has 156 valence electrons. The predicted molar refractivity (Wildman–Crippen MR) is 121 cm³/mol. The lowest BCUT2D eigenvalue weighted by Crippen LogP contribution is -2.24. The van der Waals surface area contributed by atoms with Gasteiger partial charge in [-0.15, -0.1) is 11.3 Å². The molecule has 0 bridgehead atoms. The summed E-state index contributed by atoms with van der Waals surface area (Å²) >= 11 is 2.84. The van der Waals surface area contributed by atoms with Crippen molar-refractivity contribution in [1.29, 1.82) is 0 Å². The van der Waals surface area contributed by atoms with Gasteiger partial charge >= 0.3 is 0 Å². The van der Waals surface area contributed by atoms with E-state index in [0.29, 0.717) is 52.0 Å². The summed E-state index contributed by atoms with van der Waals surface area (Å²) in [6.45, 7) is 5.08. The Balaban J connectivity index is 1.62. The monoisotopic (exact) mass is 442 g/mol. The van der Waals surface area contributed by atoms with Crippen molar-refractivity contribution in [2.24, 2.45) is 0 Å². The normalized spacial score (nSPS) is 11.7. The fourth-order valence-corrected chi connectivity index (χ4v) is 4.75. The lowest BCUT2D eigenvalue weighted by molar-refractivity contribution is 0.0743. The summed E-state index contributed by atoms with van der Waals surface area (Å²) in [5, 5.41) is 3.06. The fourth-order valence-electron chi connectivity index (χ4n) is 3.10. The molecule has 0 N–H and O–H groups in total. The van der Waals surface area contributed by atoms with Crippen LogP contribution >= 0.6 is 23.1 Å². The molecule has 3 aromatic heterocycles.